The second-order valence-corrected chi connectivity index (χ2v) is 7.71. The van der Waals surface area contributed by atoms with Crippen LogP contribution in [0.15, 0.2) is 53.9 Å². The van der Waals surface area contributed by atoms with Gasteiger partial charge in [0, 0.05) is 11.1 Å². The molecule has 158 valence electrons. The van der Waals surface area contributed by atoms with Gasteiger partial charge in [-0.2, -0.15) is 5.26 Å². The van der Waals surface area contributed by atoms with E-state index in [1.54, 1.807) is 19.2 Å². The van der Waals surface area contributed by atoms with Gasteiger partial charge >= 0.3 is 0 Å². The van der Waals surface area contributed by atoms with E-state index in [0.29, 0.717) is 33.5 Å². The van der Waals surface area contributed by atoms with E-state index < -0.39 is 5.92 Å². The fourth-order valence-corrected chi connectivity index (χ4v) is 3.92. The number of rotatable bonds is 5. The third-order valence-corrected chi connectivity index (χ3v) is 5.29. The van der Waals surface area contributed by atoms with Crippen molar-refractivity contribution in [3.63, 3.8) is 0 Å². The van der Waals surface area contributed by atoms with Gasteiger partial charge in [0.1, 0.15) is 11.6 Å². The van der Waals surface area contributed by atoms with Crippen LogP contribution in [0.1, 0.15) is 30.9 Å². The summed E-state index contributed by atoms with van der Waals surface area (Å²) in [6, 6.07) is 15.3. The Morgan fingerprint density at radius 3 is 2.61 bits per heavy atom. The third-order valence-electron chi connectivity index (χ3n) is 4.96. The van der Waals surface area contributed by atoms with Crippen molar-refractivity contribution in [2.24, 2.45) is 5.73 Å². The number of nitriles is 1. The molecular weight excluding hydrogens is 416 g/mol. The molecule has 0 saturated carbocycles. The summed E-state index contributed by atoms with van der Waals surface area (Å²) >= 11 is 6.70. The number of H-pyrrole nitrogens is 1. The van der Waals surface area contributed by atoms with Crippen molar-refractivity contribution in [2.75, 3.05) is 7.11 Å². The fraction of sp³-hybridized carbons (Fsp3) is 0.217. The molecule has 0 saturated heterocycles. The maximum atomic E-state index is 9.91. The Morgan fingerprint density at radius 2 is 1.97 bits per heavy atom. The molecule has 0 bridgehead atoms. The third kappa shape index (κ3) is 3.66. The number of nitrogens with zero attached hydrogens (tertiary/aromatic N) is 2. The predicted molar refractivity (Wildman–Crippen MR) is 117 cm³/mol. The normalized spacial score (nSPS) is 15.3. The molecule has 1 aliphatic rings. The van der Waals surface area contributed by atoms with Gasteiger partial charge in [-0.3, -0.25) is 5.10 Å². The molecule has 1 aromatic heterocycles. The summed E-state index contributed by atoms with van der Waals surface area (Å²) in [6.45, 7) is 3.83. The summed E-state index contributed by atoms with van der Waals surface area (Å²) in [4.78, 5) is 0. The number of fused-ring (bicyclic) bond motifs is 1. The maximum absolute atomic E-state index is 9.91. The van der Waals surface area contributed by atoms with Crippen LogP contribution in [0.25, 0.3) is 11.3 Å². The molecule has 3 N–H and O–H groups in total. The average Bonchev–Trinajstić information content (AvgIpc) is 3.17. The molecule has 4 rings (SSSR count). The quantitative estimate of drug-likeness (QED) is 0.598. The first-order valence-electron chi connectivity index (χ1n) is 9.70. The van der Waals surface area contributed by atoms with Crippen molar-refractivity contribution >= 4 is 11.6 Å². The van der Waals surface area contributed by atoms with E-state index in [2.05, 4.69) is 16.3 Å². The van der Waals surface area contributed by atoms with Crippen LogP contribution in [0.5, 0.6) is 17.4 Å². The molecule has 8 heteroatoms. The maximum Gasteiger partial charge on any atom is 0.244 e. The summed E-state index contributed by atoms with van der Waals surface area (Å²) < 4.78 is 17.0. The molecule has 0 radical (unpaired) electrons. The van der Waals surface area contributed by atoms with Crippen LogP contribution >= 0.6 is 11.6 Å². The van der Waals surface area contributed by atoms with E-state index in [-0.39, 0.29) is 17.6 Å². The van der Waals surface area contributed by atoms with Crippen LogP contribution < -0.4 is 19.9 Å². The topological polar surface area (TPSA) is 106 Å². The van der Waals surface area contributed by atoms with Crippen LogP contribution in [0.2, 0.25) is 5.02 Å². The Labute approximate surface area is 185 Å². The van der Waals surface area contributed by atoms with E-state index >= 15 is 0 Å². The van der Waals surface area contributed by atoms with Crippen LogP contribution in [-0.2, 0) is 0 Å². The number of nitrogens with one attached hydrogen (secondary N) is 1. The molecule has 0 fully saturated rings. The van der Waals surface area contributed by atoms with Gasteiger partial charge < -0.3 is 19.9 Å². The lowest BCUT2D eigenvalue weighted by atomic mass is 9.83. The zero-order valence-electron chi connectivity index (χ0n) is 17.3. The number of benzene rings is 2. The number of hydrogen-bond donors (Lipinski definition) is 2. The van der Waals surface area contributed by atoms with Crippen molar-refractivity contribution in [2.45, 2.75) is 25.9 Å². The number of aromatic nitrogens is 2. The Morgan fingerprint density at radius 1 is 1.23 bits per heavy atom. The van der Waals surface area contributed by atoms with Crippen LogP contribution in [0.3, 0.4) is 0 Å². The van der Waals surface area contributed by atoms with E-state index in [9.17, 15) is 5.26 Å². The van der Waals surface area contributed by atoms with Crippen molar-refractivity contribution in [1.29, 1.82) is 5.26 Å². The van der Waals surface area contributed by atoms with E-state index in [1.807, 2.05) is 44.2 Å². The fourth-order valence-electron chi connectivity index (χ4n) is 3.66. The summed E-state index contributed by atoms with van der Waals surface area (Å²) in [7, 11) is 1.55. The minimum Gasteiger partial charge on any atom is -0.493 e. The molecule has 0 aliphatic carbocycles. The van der Waals surface area contributed by atoms with E-state index in [0.717, 1.165) is 11.3 Å². The number of allylic oxidation sites excluding steroid dienone is 1. The van der Waals surface area contributed by atoms with Gasteiger partial charge in [-0.05, 0) is 31.0 Å². The van der Waals surface area contributed by atoms with E-state index in [4.69, 9.17) is 31.5 Å². The van der Waals surface area contributed by atoms with Gasteiger partial charge in [0.2, 0.25) is 11.8 Å². The number of methoxy groups -OCH3 is 1. The molecule has 1 unspecified atom stereocenters. The van der Waals surface area contributed by atoms with Crippen molar-refractivity contribution in [1.82, 2.24) is 10.2 Å². The molecule has 31 heavy (non-hydrogen) atoms. The largest absolute Gasteiger partial charge is 0.493 e. The summed E-state index contributed by atoms with van der Waals surface area (Å²) in [5.74, 6) is 0.713. The highest BCUT2D eigenvalue weighted by molar-refractivity contribution is 6.31. The Bertz CT molecular complexity index is 1200. The van der Waals surface area contributed by atoms with Gasteiger partial charge in [-0.15, -0.1) is 5.10 Å². The highest BCUT2D eigenvalue weighted by Crippen LogP contribution is 2.49. The lowest BCUT2D eigenvalue weighted by Crippen LogP contribution is -2.21. The molecule has 1 aliphatic heterocycles. The SMILES string of the molecule is COc1cc(C2C(C#N)=C(N)Oc3n[nH]c(-c4ccccc4)c32)c(Cl)cc1OC(C)C. The highest BCUT2D eigenvalue weighted by Gasteiger charge is 2.37. The number of hydrogen-bond acceptors (Lipinski definition) is 6. The van der Waals surface area contributed by atoms with Crippen molar-refractivity contribution in [3.8, 4) is 34.7 Å². The zero-order chi connectivity index (χ0) is 22.1. The molecule has 0 spiro atoms. The average molecular weight is 437 g/mol. The first kappa shape index (κ1) is 20.6. The van der Waals surface area contributed by atoms with E-state index in [1.165, 1.54) is 0 Å². The minimum absolute atomic E-state index is 0.0105. The number of ether oxygens (including phenoxy) is 3. The lowest BCUT2D eigenvalue weighted by Gasteiger charge is -2.26. The first-order valence-corrected chi connectivity index (χ1v) is 10.1. The summed E-state index contributed by atoms with van der Waals surface area (Å²) in [6.07, 6.45) is -0.0609. The molecular formula is C23H21ClN4O3. The molecule has 0 amide bonds. The van der Waals surface area contributed by atoms with Gasteiger partial charge in [0.05, 0.1) is 30.4 Å². The minimum atomic E-state index is -0.600. The summed E-state index contributed by atoms with van der Waals surface area (Å²) in [5, 5.41) is 17.6. The van der Waals surface area contributed by atoms with Crippen LogP contribution in [0.4, 0.5) is 0 Å². The number of halogens is 1. The Kier molecular flexibility index (Phi) is 5.49. The molecule has 3 aromatic rings. The predicted octanol–water partition coefficient (Wildman–Crippen LogP) is 4.74. The summed E-state index contributed by atoms with van der Waals surface area (Å²) in [5.41, 5.74) is 9.25. The van der Waals surface area contributed by atoms with Crippen LogP contribution in [-0.4, -0.2) is 23.4 Å². The Balaban J connectivity index is 1.95. The molecule has 2 aromatic carbocycles. The van der Waals surface area contributed by atoms with Gasteiger partial charge in [-0.1, -0.05) is 41.9 Å². The monoisotopic (exact) mass is 436 g/mol. The van der Waals surface area contributed by atoms with Crippen molar-refractivity contribution < 1.29 is 14.2 Å². The van der Waals surface area contributed by atoms with Gasteiger partial charge in [0.15, 0.2) is 11.5 Å². The standard InChI is InChI=1S/C23H21ClN4O3/c1-12(2)30-18-10-16(24)14(9-17(18)29-3)19-15(11-25)22(26)31-23-20(19)21(27-28-23)13-7-5-4-6-8-13/h4-10,12,19H,26H2,1-3H3,(H,27,28). The zero-order valence-corrected chi connectivity index (χ0v) is 18.0. The Hall–Kier alpha value is -3.63. The van der Waals surface area contributed by atoms with Crippen LogP contribution in [0, 0.1) is 11.3 Å². The molecule has 2 heterocycles. The molecule has 7 nitrogen and oxygen atoms in total. The lowest BCUT2D eigenvalue weighted by molar-refractivity contribution is 0.230. The molecule has 1 atom stereocenters. The van der Waals surface area contributed by atoms with Gasteiger partial charge in [-0.25, -0.2) is 0 Å². The smallest absolute Gasteiger partial charge is 0.244 e. The van der Waals surface area contributed by atoms with Crippen molar-refractivity contribution in [3.05, 3.63) is 70.1 Å². The second-order valence-electron chi connectivity index (χ2n) is 7.30. The first-order chi connectivity index (χ1) is 14.9. The second kappa shape index (κ2) is 8.25. The number of nitrogens with two attached hydrogens (primary N) is 1. The number of aromatic amines is 1. The highest BCUT2D eigenvalue weighted by atomic mass is 35.5. The van der Waals surface area contributed by atoms with Gasteiger partial charge in [0.25, 0.3) is 0 Å².